The van der Waals surface area contributed by atoms with Crippen molar-refractivity contribution in [2.24, 2.45) is 5.10 Å². The van der Waals surface area contributed by atoms with Crippen molar-refractivity contribution in [1.29, 1.82) is 0 Å². The second-order valence-corrected chi connectivity index (χ2v) is 8.16. The summed E-state index contributed by atoms with van der Waals surface area (Å²) in [7, 11) is 2.11. The van der Waals surface area contributed by atoms with Crippen molar-refractivity contribution in [3.8, 4) is 5.69 Å². The van der Waals surface area contributed by atoms with Crippen LogP contribution < -0.4 is 10.3 Å². The Morgan fingerprint density at radius 2 is 1.83 bits per heavy atom. The SMILES string of the molecule is CC1=CC(C)(C)N(C)c2ccc(/C=N/NC(=O)c3cccc(-n4cccc4)c3)cc21. The van der Waals surface area contributed by atoms with Crippen LogP contribution in [0.25, 0.3) is 11.3 Å². The third-order valence-corrected chi connectivity index (χ3v) is 5.63. The van der Waals surface area contributed by atoms with Crippen LogP contribution in [-0.4, -0.2) is 29.3 Å². The van der Waals surface area contributed by atoms with Gasteiger partial charge in [0.25, 0.3) is 5.91 Å². The van der Waals surface area contributed by atoms with Crippen LogP contribution in [0.5, 0.6) is 0 Å². The average molecular weight is 399 g/mol. The lowest BCUT2D eigenvalue weighted by molar-refractivity contribution is 0.0955. The van der Waals surface area contributed by atoms with E-state index in [1.165, 1.54) is 16.8 Å². The van der Waals surface area contributed by atoms with Crippen molar-refractivity contribution in [2.45, 2.75) is 26.3 Å². The molecule has 0 spiro atoms. The Balaban J connectivity index is 1.49. The van der Waals surface area contributed by atoms with E-state index in [0.29, 0.717) is 5.56 Å². The number of nitrogens with one attached hydrogen (secondary N) is 1. The van der Waals surface area contributed by atoms with Gasteiger partial charge in [0.2, 0.25) is 0 Å². The first-order chi connectivity index (χ1) is 14.3. The number of amides is 1. The zero-order valence-electron chi connectivity index (χ0n) is 17.8. The fourth-order valence-electron chi connectivity index (χ4n) is 3.80. The molecule has 0 bridgehead atoms. The van der Waals surface area contributed by atoms with Crippen LogP contribution in [0.2, 0.25) is 0 Å². The molecule has 0 saturated carbocycles. The van der Waals surface area contributed by atoms with Crippen molar-refractivity contribution in [3.63, 3.8) is 0 Å². The molecule has 1 aromatic heterocycles. The number of rotatable bonds is 4. The summed E-state index contributed by atoms with van der Waals surface area (Å²) in [6, 6.07) is 17.6. The largest absolute Gasteiger partial charge is 0.366 e. The number of hydrazone groups is 1. The second-order valence-electron chi connectivity index (χ2n) is 8.16. The minimum absolute atomic E-state index is 0.0180. The van der Waals surface area contributed by atoms with E-state index in [4.69, 9.17) is 0 Å². The number of carbonyl (C=O) groups excluding carboxylic acids is 1. The average Bonchev–Trinajstić information content (AvgIpc) is 3.27. The van der Waals surface area contributed by atoms with Crippen molar-refractivity contribution < 1.29 is 4.79 Å². The molecule has 2 aromatic carbocycles. The molecule has 5 nitrogen and oxygen atoms in total. The summed E-state index contributed by atoms with van der Waals surface area (Å²) in [6.45, 7) is 6.54. The molecule has 0 radical (unpaired) electrons. The number of likely N-dealkylation sites (N-methyl/N-ethyl adjacent to an activating group) is 1. The Kier molecular flexibility index (Phi) is 5.04. The van der Waals surface area contributed by atoms with Gasteiger partial charge in [-0.05, 0) is 74.4 Å². The molecule has 0 aliphatic carbocycles. The van der Waals surface area contributed by atoms with E-state index in [0.717, 1.165) is 11.3 Å². The Hall–Kier alpha value is -3.60. The smallest absolute Gasteiger partial charge is 0.271 e. The van der Waals surface area contributed by atoms with E-state index in [9.17, 15) is 4.79 Å². The lowest BCUT2D eigenvalue weighted by Gasteiger charge is -2.40. The highest BCUT2D eigenvalue weighted by molar-refractivity contribution is 5.95. The van der Waals surface area contributed by atoms with Gasteiger partial charge in [0.05, 0.1) is 11.8 Å². The zero-order chi connectivity index (χ0) is 21.3. The summed E-state index contributed by atoms with van der Waals surface area (Å²) in [5, 5.41) is 4.17. The van der Waals surface area contributed by atoms with E-state index in [1.807, 2.05) is 53.4 Å². The normalized spacial score (nSPS) is 15.1. The number of hydrogen-bond donors (Lipinski definition) is 1. The van der Waals surface area contributed by atoms with Gasteiger partial charge in [-0.1, -0.05) is 18.2 Å². The number of allylic oxidation sites excluding steroid dienone is 1. The summed E-state index contributed by atoms with van der Waals surface area (Å²) >= 11 is 0. The molecular weight excluding hydrogens is 372 g/mol. The summed E-state index contributed by atoms with van der Waals surface area (Å²) in [6.07, 6.45) is 7.84. The van der Waals surface area contributed by atoms with Crippen LogP contribution >= 0.6 is 0 Å². The predicted molar refractivity (Wildman–Crippen MR) is 123 cm³/mol. The van der Waals surface area contributed by atoms with Crippen LogP contribution in [0.3, 0.4) is 0 Å². The van der Waals surface area contributed by atoms with E-state index in [-0.39, 0.29) is 11.4 Å². The first-order valence-electron chi connectivity index (χ1n) is 10.00. The first kappa shape index (κ1) is 19.7. The van der Waals surface area contributed by atoms with Gasteiger partial charge in [-0.25, -0.2) is 5.43 Å². The number of carbonyl (C=O) groups is 1. The molecule has 1 amide bonds. The van der Waals surface area contributed by atoms with Gasteiger partial charge in [0.15, 0.2) is 0 Å². The molecule has 4 rings (SSSR count). The monoisotopic (exact) mass is 398 g/mol. The molecule has 1 aliphatic heterocycles. The molecule has 5 heteroatoms. The van der Waals surface area contributed by atoms with Gasteiger partial charge in [-0.3, -0.25) is 4.79 Å². The number of aromatic nitrogens is 1. The maximum Gasteiger partial charge on any atom is 0.271 e. The van der Waals surface area contributed by atoms with Crippen LogP contribution in [0, 0.1) is 0 Å². The van der Waals surface area contributed by atoms with Gasteiger partial charge in [-0.15, -0.1) is 0 Å². The third-order valence-electron chi connectivity index (χ3n) is 5.63. The van der Waals surface area contributed by atoms with Gasteiger partial charge in [0.1, 0.15) is 0 Å². The van der Waals surface area contributed by atoms with Crippen molar-refractivity contribution in [2.75, 3.05) is 11.9 Å². The Bertz CT molecular complexity index is 1140. The standard InChI is InChI=1S/C25H26N4O/c1-18-16-25(2,3)28(4)23-11-10-19(14-22(18)23)17-26-27-24(30)20-8-7-9-21(15-20)29-12-5-6-13-29/h5-17H,1-4H3,(H,27,30)/b26-17+. The molecule has 1 aliphatic rings. The minimum Gasteiger partial charge on any atom is -0.366 e. The minimum atomic E-state index is -0.240. The molecule has 1 N–H and O–H groups in total. The molecular formula is C25H26N4O. The number of nitrogens with zero attached hydrogens (tertiary/aromatic N) is 3. The Labute approximate surface area is 177 Å². The fourth-order valence-corrected chi connectivity index (χ4v) is 3.80. The highest BCUT2D eigenvalue weighted by Crippen LogP contribution is 2.37. The highest BCUT2D eigenvalue weighted by atomic mass is 16.2. The molecule has 152 valence electrons. The number of fused-ring (bicyclic) bond motifs is 1. The summed E-state index contributed by atoms with van der Waals surface area (Å²) in [4.78, 5) is 14.8. The maximum atomic E-state index is 12.5. The fraction of sp³-hybridized carbons (Fsp3) is 0.200. The Morgan fingerprint density at radius 1 is 1.07 bits per heavy atom. The van der Waals surface area contributed by atoms with Crippen molar-refractivity contribution in [1.82, 2.24) is 9.99 Å². The summed E-state index contributed by atoms with van der Waals surface area (Å²) in [5.74, 6) is -0.240. The lowest BCUT2D eigenvalue weighted by atomic mass is 9.89. The molecule has 0 fully saturated rings. The third kappa shape index (κ3) is 3.79. The highest BCUT2D eigenvalue weighted by Gasteiger charge is 2.28. The quantitative estimate of drug-likeness (QED) is 0.503. The van der Waals surface area contributed by atoms with Crippen molar-refractivity contribution >= 4 is 23.4 Å². The molecule has 0 atom stereocenters. The molecule has 2 heterocycles. The van der Waals surface area contributed by atoms with Crippen molar-refractivity contribution in [3.05, 3.63) is 89.8 Å². The van der Waals surface area contributed by atoms with E-state index < -0.39 is 0 Å². The van der Waals surface area contributed by atoms with Crippen LogP contribution in [0.15, 0.2) is 78.2 Å². The first-order valence-corrected chi connectivity index (χ1v) is 10.00. The maximum absolute atomic E-state index is 12.5. The van der Waals surface area contributed by atoms with Gasteiger partial charge in [0, 0.05) is 41.9 Å². The van der Waals surface area contributed by atoms with Gasteiger partial charge >= 0.3 is 0 Å². The van der Waals surface area contributed by atoms with E-state index in [1.54, 1.807) is 12.3 Å². The van der Waals surface area contributed by atoms with E-state index >= 15 is 0 Å². The summed E-state index contributed by atoms with van der Waals surface area (Å²) in [5.41, 5.74) is 8.67. The van der Waals surface area contributed by atoms with E-state index in [2.05, 4.69) is 61.5 Å². The van der Waals surface area contributed by atoms with Gasteiger partial charge < -0.3 is 9.47 Å². The van der Waals surface area contributed by atoms with Gasteiger partial charge in [-0.2, -0.15) is 5.10 Å². The Morgan fingerprint density at radius 3 is 2.60 bits per heavy atom. The molecule has 0 saturated heterocycles. The molecule has 3 aromatic rings. The molecule has 30 heavy (non-hydrogen) atoms. The van der Waals surface area contributed by atoms with Crippen LogP contribution in [0.1, 0.15) is 42.3 Å². The predicted octanol–water partition coefficient (Wildman–Crippen LogP) is 4.87. The second kappa shape index (κ2) is 7.67. The zero-order valence-corrected chi connectivity index (χ0v) is 17.8. The number of benzene rings is 2. The lowest BCUT2D eigenvalue weighted by Crippen LogP contribution is -2.42. The topological polar surface area (TPSA) is 49.6 Å². The number of hydrogen-bond acceptors (Lipinski definition) is 3. The summed E-state index contributed by atoms with van der Waals surface area (Å²) < 4.78 is 1.96. The number of anilines is 1. The molecule has 0 unspecified atom stereocenters. The van der Waals surface area contributed by atoms with Crippen LogP contribution in [-0.2, 0) is 0 Å². The van der Waals surface area contributed by atoms with Crippen LogP contribution in [0.4, 0.5) is 5.69 Å².